The molecule has 0 aromatic heterocycles. The first-order valence-electron chi connectivity index (χ1n) is 8.31. The standard InChI is InChI=1S/C18H22N2O6S2/c1-14(2)25-16-12-8-9-13-17(16)26-18(21)19(3)27(22)20(4)28(23,24)15-10-6-5-7-11-15/h5-14H,1-4H3. The molecule has 0 fully saturated rings. The van der Waals surface area contributed by atoms with Crippen molar-refractivity contribution in [1.29, 1.82) is 0 Å². The minimum Gasteiger partial charge on any atom is -0.572 e. The van der Waals surface area contributed by atoms with Crippen molar-refractivity contribution in [2.24, 2.45) is 0 Å². The van der Waals surface area contributed by atoms with Crippen LogP contribution in [0.4, 0.5) is 4.79 Å². The lowest BCUT2D eigenvalue weighted by Gasteiger charge is -2.24. The monoisotopic (exact) mass is 426 g/mol. The number of carbonyl (C=O) groups excluding carboxylic acids is 1. The van der Waals surface area contributed by atoms with Crippen molar-refractivity contribution in [3.63, 3.8) is 0 Å². The molecule has 0 aliphatic heterocycles. The van der Waals surface area contributed by atoms with Crippen LogP contribution in [-0.4, -0.2) is 47.3 Å². The summed E-state index contributed by atoms with van der Waals surface area (Å²) in [5, 5.41) is 0. The molecular formula is C18H22N2O6S2. The molecule has 2 aromatic rings. The van der Waals surface area contributed by atoms with Crippen LogP contribution in [0.2, 0.25) is 0 Å². The van der Waals surface area contributed by atoms with Gasteiger partial charge >= 0.3 is 6.09 Å². The van der Waals surface area contributed by atoms with Crippen LogP contribution in [-0.2, 0) is 21.6 Å². The van der Waals surface area contributed by atoms with E-state index in [1.54, 1.807) is 36.4 Å². The Morgan fingerprint density at radius 1 is 1.00 bits per heavy atom. The topological polar surface area (TPSA) is 99.2 Å². The second-order valence-electron chi connectivity index (χ2n) is 5.94. The lowest BCUT2D eigenvalue weighted by atomic mass is 10.3. The summed E-state index contributed by atoms with van der Waals surface area (Å²) in [6.45, 7) is 3.65. The molecular weight excluding hydrogens is 404 g/mol. The number of ether oxygens (including phenoxy) is 2. The lowest BCUT2D eigenvalue weighted by Crippen LogP contribution is -2.46. The van der Waals surface area contributed by atoms with Crippen molar-refractivity contribution < 1.29 is 27.2 Å². The number of rotatable bonds is 7. The summed E-state index contributed by atoms with van der Waals surface area (Å²) >= 11 is -2.34. The highest BCUT2D eigenvalue weighted by molar-refractivity contribution is 8.03. The quantitative estimate of drug-likeness (QED) is 0.631. The third-order valence-electron chi connectivity index (χ3n) is 3.50. The Morgan fingerprint density at radius 3 is 2.11 bits per heavy atom. The van der Waals surface area contributed by atoms with Gasteiger partial charge in [-0.1, -0.05) is 30.3 Å². The zero-order chi connectivity index (χ0) is 20.9. The summed E-state index contributed by atoms with van der Waals surface area (Å²) in [6.07, 6.45) is -1.14. The summed E-state index contributed by atoms with van der Waals surface area (Å²) in [7, 11) is -1.75. The first-order valence-corrected chi connectivity index (χ1v) is 10.8. The van der Waals surface area contributed by atoms with Gasteiger partial charge in [-0.25, -0.2) is 13.2 Å². The number of amides is 1. The summed E-state index contributed by atoms with van der Waals surface area (Å²) in [4.78, 5) is 12.4. The van der Waals surface area contributed by atoms with E-state index in [-0.39, 0.29) is 16.7 Å². The zero-order valence-corrected chi connectivity index (χ0v) is 17.6. The van der Waals surface area contributed by atoms with Crippen LogP contribution < -0.4 is 9.47 Å². The summed E-state index contributed by atoms with van der Waals surface area (Å²) in [5.74, 6) is 0.480. The van der Waals surface area contributed by atoms with Crippen LogP contribution in [0.3, 0.4) is 0 Å². The van der Waals surface area contributed by atoms with Gasteiger partial charge < -0.3 is 14.0 Å². The van der Waals surface area contributed by atoms with Crippen molar-refractivity contribution in [1.82, 2.24) is 8.02 Å². The third-order valence-corrected chi connectivity index (χ3v) is 7.07. The van der Waals surface area contributed by atoms with Gasteiger partial charge in [-0.15, -0.1) is 4.31 Å². The average molecular weight is 427 g/mol. The molecule has 0 heterocycles. The van der Waals surface area contributed by atoms with E-state index in [1.807, 2.05) is 13.8 Å². The molecule has 2 rings (SSSR count). The number of para-hydroxylation sites is 2. The number of hydrogen-bond donors (Lipinski definition) is 0. The highest BCUT2D eigenvalue weighted by Gasteiger charge is 2.37. The van der Waals surface area contributed by atoms with E-state index in [0.29, 0.717) is 13.8 Å². The predicted molar refractivity (Wildman–Crippen MR) is 106 cm³/mol. The minimum absolute atomic E-state index is 0.0386. The first-order chi connectivity index (χ1) is 13.1. The van der Waals surface area contributed by atoms with Crippen LogP contribution >= 0.6 is 0 Å². The summed E-state index contributed by atoms with van der Waals surface area (Å²) in [5.41, 5.74) is 0. The minimum atomic E-state index is -4.05. The molecule has 1 amide bonds. The van der Waals surface area contributed by atoms with Gasteiger partial charge in [0.1, 0.15) is 0 Å². The Hall–Kier alpha value is -2.27. The van der Waals surface area contributed by atoms with E-state index < -0.39 is 27.7 Å². The van der Waals surface area contributed by atoms with Crippen LogP contribution in [0.15, 0.2) is 59.5 Å². The van der Waals surface area contributed by atoms with E-state index in [2.05, 4.69) is 0 Å². The fraction of sp³-hybridized carbons (Fsp3) is 0.278. The molecule has 0 spiro atoms. The fourth-order valence-corrected chi connectivity index (χ4v) is 4.64. The number of carbonyl (C=O) groups is 1. The number of sulfonamides is 1. The van der Waals surface area contributed by atoms with Crippen LogP contribution in [0.1, 0.15) is 13.8 Å². The smallest absolute Gasteiger partial charge is 0.458 e. The lowest BCUT2D eigenvalue weighted by molar-refractivity contribution is 0.177. The second-order valence-corrected chi connectivity index (χ2v) is 9.69. The molecule has 0 saturated heterocycles. The molecule has 1 atom stereocenters. The highest BCUT2D eigenvalue weighted by Crippen LogP contribution is 2.28. The van der Waals surface area contributed by atoms with Gasteiger partial charge in [0.2, 0.25) is 0 Å². The molecule has 0 N–H and O–H groups in total. The molecule has 0 radical (unpaired) electrons. The molecule has 0 aliphatic carbocycles. The van der Waals surface area contributed by atoms with E-state index in [9.17, 15) is 17.8 Å². The van der Waals surface area contributed by atoms with Crippen molar-refractivity contribution in [2.75, 3.05) is 14.1 Å². The summed E-state index contributed by atoms with van der Waals surface area (Å²) < 4.78 is 49.8. The van der Waals surface area contributed by atoms with Gasteiger partial charge in [-0.05, 0) is 38.1 Å². The Bertz CT molecular complexity index is 905. The maximum absolute atomic E-state index is 12.6. The molecule has 152 valence electrons. The van der Waals surface area contributed by atoms with Crippen LogP contribution in [0.5, 0.6) is 11.5 Å². The third kappa shape index (κ3) is 5.16. The first kappa shape index (κ1) is 22.0. The largest absolute Gasteiger partial charge is 0.572 e. The fourth-order valence-electron chi connectivity index (χ4n) is 2.11. The Kier molecular flexibility index (Phi) is 7.30. The van der Waals surface area contributed by atoms with Gasteiger partial charge in [0.05, 0.1) is 25.1 Å². The van der Waals surface area contributed by atoms with Gasteiger partial charge in [0.15, 0.2) is 23.0 Å². The van der Waals surface area contributed by atoms with E-state index in [0.717, 1.165) is 7.05 Å². The number of benzene rings is 2. The maximum atomic E-state index is 12.6. The highest BCUT2D eigenvalue weighted by atomic mass is 32.3. The number of nitrogens with zero attached hydrogens (tertiary/aromatic N) is 2. The second kappa shape index (κ2) is 9.28. The van der Waals surface area contributed by atoms with E-state index >= 15 is 0 Å². The molecule has 8 nitrogen and oxygen atoms in total. The Balaban J connectivity index is 2.15. The average Bonchev–Trinajstić information content (AvgIpc) is 2.68. The van der Waals surface area contributed by atoms with Crippen molar-refractivity contribution in [3.05, 3.63) is 54.6 Å². The molecule has 0 bridgehead atoms. The molecule has 2 aromatic carbocycles. The SMILES string of the molecule is CC(C)Oc1ccccc1OC(=O)N(C)[S+]([O-])N(C)S(=O)(=O)c1ccccc1. The van der Waals surface area contributed by atoms with Crippen LogP contribution in [0, 0.1) is 0 Å². The molecule has 1 unspecified atom stereocenters. The van der Waals surface area contributed by atoms with Crippen molar-refractivity contribution >= 4 is 27.7 Å². The van der Waals surface area contributed by atoms with Gasteiger partial charge in [-0.2, -0.15) is 0 Å². The molecule has 10 heteroatoms. The molecule has 28 heavy (non-hydrogen) atoms. The van der Waals surface area contributed by atoms with E-state index in [4.69, 9.17) is 9.47 Å². The Labute approximate surface area is 168 Å². The molecule has 0 saturated carbocycles. The van der Waals surface area contributed by atoms with Crippen LogP contribution in [0.25, 0.3) is 0 Å². The van der Waals surface area contributed by atoms with Gasteiger partial charge in [0, 0.05) is 3.71 Å². The maximum Gasteiger partial charge on any atom is 0.458 e. The molecule has 0 aliphatic rings. The normalized spacial score (nSPS) is 12.7. The van der Waals surface area contributed by atoms with E-state index in [1.165, 1.54) is 25.2 Å². The van der Waals surface area contributed by atoms with Gasteiger partial charge in [0.25, 0.3) is 10.0 Å². The number of hydrogen-bond acceptors (Lipinski definition) is 6. The predicted octanol–water partition coefficient (Wildman–Crippen LogP) is 2.80. The van der Waals surface area contributed by atoms with Gasteiger partial charge in [-0.3, -0.25) is 0 Å². The zero-order valence-electron chi connectivity index (χ0n) is 15.9. The van der Waals surface area contributed by atoms with Crippen molar-refractivity contribution in [3.8, 4) is 11.5 Å². The summed E-state index contributed by atoms with van der Waals surface area (Å²) in [6, 6.07) is 14.0. The van der Waals surface area contributed by atoms with Crippen molar-refractivity contribution in [2.45, 2.75) is 24.8 Å². The Morgan fingerprint density at radius 2 is 1.54 bits per heavy atom.